The van der Waals surface area contributed by atoms with E-state index in [1.165, 1.54) is 6.20 Å². The zero-order valence-corrected chi connectivity index (χ0v) is 6.75. The second kappa shape index (κ2) is 3.12. The van der Waals surface area contributed by atoms with E-state index in [1.807, 2.05) is 18.2 Å². The highest BCUT2D eigenvalue weighted by Gasteiger charge is 2.13. The Morgan fingerprint density at radius 1 is 1.08 bits per heavy atom. The fourth-order valence-electron chi connectivity index (χ4n) is 1.10. The summed E-state index contributed by atoms with van der Waals surface area (Å²) in [6.07, 6.45) is 1.35. The van der Waals surface area contributed by atoms with Gasteiger partial charge in [0, 0.05) is 6.20 Å². The van der Waals surface area contributed by atoms with E-state index >= 15 is 0 Å². The predicted molar refractivity (Wildman–Crippen MR) is 49.4 cm³/mol. The summed E-state index contributed by atoms with van der Waals surface area (Å²) in [7, 11) is -1.56. The van der Waals surface area contributed by atoms with Gasteiger partial charge in [-0.05, 0) is 12.1 Å². The quantitative estimate of drug-likeness (QED) is 0.561. The molecule has 2 N–H and O–H groups in total. The first-order valence-electron chi connectivity index (χ1n) is 3.85. The van der Waals surface area contributed by atoms with Crippen LogP contribution in [0.2, 0.25) is 0 Å². The van der Waals surface area contributed by atoms with E-state index in [2.05, 4.69) is 9.97 Å². The molecule has 1 aromatic heterocycles. The molecule has 1 aromatic carbocycles. The number of fused-ring (bicyclic) bond motifs is 1. The minimum atomic E-state index is -1.56. The van der Waals surface area contributed by atoms with Gasteiger partial charge < -0.3 is 10.0 Å². The monoisotopic (exact) mass is 174 g/mol. The third-order valence-corrected chi connectivity index (χ3v) is 1.73. The minimum Gasteiger partial charge on any atom is -0.422 e. The van der Waals surface area contributed by atoms with Crippen LogP contribution in [0.25, 0.3) is 11.0 Å². The molecule has 0 saturated heterocycles. The third-order valence-electron chi connectivity index (χ3n) is 1.73. The van der Waals surface area contributed by atoms with Crippen LogP contribution in [0.4, 0.5) is 0 Å². The van der Waals surface area contributed by atoms with Crippen LogP contribution in [-0.4, -0.2) is 27.1 Å². The molecule has 0 atom stereocenters. The van der Waals surface area contributed by atoms with Gasteiger partial charge in [-0.2, -0.15) is 0 Å². The fraction of sp³-hybridized carbons (Fsp3) is 0. The summed E-state index contributed by atoms with van der Waals surface area (Å²) in [6, 6.07) is 7.26. The van der Waals surface area contributed by atoms with Gasteiger partial charge in [-0.3, -0.25) is 9.97 Å². The molecule has 2 rings (SSSR count). The molecule has 0 radical (unpaired) electrons. The zero-order chi connectivity index (χ0) is 9.26. The van der Waals surface area contributed by atoms with Gasteiger partial charge in [-0.1, -0.05) is 12.1 Å². The second-order valence-electron chi connectivity index (χ2n) is 2.66. The number of para-hydroxylation sites is 2. The first-order valence-corrected chi connectivity index (χ1v) is 3.85. The molecule has 0 aliphatic heterocycles. The number of hydrogen-bond donors (Lipinski definition) is 2. The van der Waals surface area contributed by atoms with Gasteiger partial charge in [0.25, 0.3) is 0 Å². The molecule has 0 aliphatic rings. The summed E-state index contributed by atoms with van der Waals surface area (Å²) in [6.45, 7) is 0. The Kier molecular flexibility index (Phi) is 1.96. The van der Waals surface area contributed by atoms with E-state index in [1.54, 1.807) is 6.07 Å². The first kappa shape index (κ1) is 8.16. The molecule has 0 saturated carbocycles. The standard InChI is InChI=1S/C8H7BN2O2/c12-9(13)8-5-10-6-3-1-2-4-7(6)11-8/h1-5,12-13H. The summed E-state index contributed by atoms with van der Waals surface area (Å²) >= 11 is 0. The van der Waals surface area contributed by atoms with Gasteiger partial charge >= 0.3 is 7.12 Å². The Morgan fingerprint density at radius 3 is 2.46 bits per heavy atom. The third kappa shape index (κ3) is 1.51. The van der Waals surface area contributed by atoms with Crippen LogP contribution in [0.15, 0.2) is 30.5 Å². The van der Waals surface area contributed by atoms with Crippen LogP contribution in [-0.2, 0) is 0 Å². The largest absolute Gasteiger partial charge is 0.509 e. The van der Waals surface area contributed by atoms with Gasteiger partial charge in [-0.25, -0.2) is 0 Å². The van der Waals surface area contributed by atoms with E-state index in [4.69, 9.17) is 10.0 Å². The van der Waals surface area contributed by atoms with Crippen molar-refractivity contribution in [3.63, 3.8) is 0 Å². The van der Waals surface area contributed by atoms with Crippen molar-refractivity contribution in [1.29, 1.82) is 0 Å². The SMILES string of the molecule is OB(O)c1cnc2ccccc2n1. The topological polar surface area (TPSA) is 66.2 Å². The number of aromatic nitrogens is 2. The lowest BCUT2D eigenvalue weighted by molar-refractivity contribution is 0.424. The van der Waals surface area contributed by atoms with E-state index in [0.29, 0.717) is 5.52 Å². The van der Waals surface area contributed by atoms with Crippen molar-refractivity contribution in [2.45, 2.75) is 0 Å². The van der Waals surface area contributed by atoms with Crippen LogP contribution in [0, 0.1) is 0 Å². The zero-order valence-electron chi connectivity index (χ0n) is 6.75. The van der Waals surface area contributed by atoms with Gasteiger partial charge in [0.1, 0.15) is 0 Å². The van der Waals surface area contributed by atoms with Crippen LogP contribution >= 0.6 is 0 Å². The van der Waals surface area contributed by atoms with Crippen molar-refractivity contribution < 1.29 is 10.0 Å². The predicted octanol–water partition coefficient (Wildman–Crippen LogP) is -0.690. The Bertz CT molecular complexity index is 433. The first-order chi connectivity index (χ1) is 6.27. The smallest absolute Gasteiger partial charge is 0.422 e. The van der Waals surface area contributed by atoms with E-state index in [-0.39, 0.29) is 5.59 Å². The molecule has 0 aliphatic carbocycles. The van der Waals surface area contributed by atoms with Crippen molar-refractivity contribution in [3.8, 4) is 0 Å². The highest BCUT2D eigenvalue weighted by atomic mass is 16.4. The summed E-state index contributed by atoms with van der Waals surface area (Å²) in [4.78, 5) is 8.03. The molecule has 0 bridgehead atoms. The highest BCUT2D eigenvalue weighted by molar-refractivity contribution is 6.57. The van der Waals surface area contributed by atoms with Crippen molar-refractivity contribution in [3.05, 3.63) is 30.5 Å². The maximum absolute atomic E-state index is 8.84. The van der Waals surface area contributed by atoms with Crippen molar-refractivity contribution in [2.75, 3.05) is 0 Å². The van der Waals surface area contributed by atoms with Gasteiger partial charge in [0.15, 0.2) is 0 Å². The maximum atomic E-state index is 8.84. The van der Waals surface area contributed by atoms with E-state index < -0.39 is 7.12 Å². The van der Waals surface area contributed by atoms with Gasteiger partial charge in [0.2, 0.25) is 0 Å². The lowest BCUT2D eigenvalue weighted by Gasteiger charge is -1.99. The average molecular weight is 174 g/mol. The number of rotatable bonds is 1. The Morgan fingerprint density at radius 2 is 1.77 bits per heavy atom. The summed E-state index contributed by atoms with van der Waals surface area (Å²) in [5.74, 6) is 0. The molecule has 5 heteroatoms. The molecular formula is C8H7BN2O2. The van der Waals surface area contributed by atoms with Crippen LogP contribution in [0.1, 0.15) is 0 Å². The molecule has 0 unspecified atom stereocenters. The lowest BCUT2D eigenvalue weighted by Crippen LogP contribution is -2.32. The molecule has 0 amide bonds. The number of nitrogens with zero attached hydrogens (tertiary/aromatic N) is 2. The van der Waals surface area contributed by atoms with Gasteiger partial charge in [0.05, 0.1) is 16.6 Å². The number of benzene rings is 1. The van der Waals surface area contributed by atoms with Crippen LogP contribution in [0.5, 0.6) is 0 Å². The minimum absolute atomic E-state index is 0.165. The maximum Gasteiger partial charge on any atom is 0.509 e. The van der Waals surface area contributed by atoms with Crippen LogP contribution < -0.4 is 5.59 Å². The summed E-state index contributed by atoms with van der Waals surface area (Å²) in [5.41, 5.74) is 1.57. The Hall–Kier alpha value is -1.46. The van der Waals surface area contributed by atoms with E-state index in [0.717, 1.165) is 5.52 Å². The Balaban J connectivity index is 2.62. The van der Waals surface area contributed by atoms with Crippen molar-refractivity contribution in [1.82, 2.24) is 9.97 Å². The molecule has 4 nitrogen and oxygen atoms in total. The van der Waals surface area contributed by atoms with Crippen molar-refractivity contribution in [2.24, 2.45) is 0 Å². The molecule has 13 heavy (non-hydrogen) atoms. The molecular weight excluding hydrogens is 167 g/mol. The molecule has 2 aromatic rings. The highest BCUT2D eigenvalue weighted by Crippen LogP contribution is 2.04. The fourth-order valence-corrected chi connectivity index (χ4v) is 1.10. The lowest BCUT2D eigenvalue weighted by atomic mass is 9.87. The van der Waals surface area contributed by atoms with Gasteiger partial charge in [-0.15, -0.1) is 0 Å². The Labute approximate surface area is 75.0 Å². The summed E-state index contributed by atoms with van der Waals surface area (Å²) in [5, 5.41) is 17.7. The summed E-state index contributed by atoms with van der Waals surface area (Å²) < 4.78 is 0. The van der Waals surface area contributed by atoms with E-state index in [9.17, 15) is 0 Å². The molecule has 64 valence electrons. The molecule has 0 spiro atoms. The van der Waals surface area contributed by atoms with Crippen LogP contribution in [0.3, 0.4) is 0 Å². The normalized spacial score (nSPS) is 10.3. The molecule has 1 heterocycles. The second-order valence-corrected chi connectivity index (χ2v) is 2.66. The number of hydrogen-bond acceptors (Lipinski definition) is 4. The van der Waals surface area contributed by atoms with Crippen molar-refractivity contribution >= 4 is 23.7 Å². The molecule has 0 fully saturated rings. The average Bonchev–Trinajstić information content (AvgIpc) is 2.17.